The van der Waals surface area contributed by atoms with E-state index in [4.69, 9.17) is 0 Å². The third-order valence-electron chi connectivity index (χ3n) is 7.55. The van der Waals surface area contributed by atoms with Crippen molar-refractivity contribution in [2.75, 3.05) is 0 Å². The van der Waals surface area contributed by atoms with E-state index in [1.165, 1.54) is 49.7 Å². The Bertz CT molecular complexity index is 949. The van der Waals surface area contributed by atoms with Gasteiger partial charge in [0.05, 0.1) is 0 Å². The SMILES string of the molecule is CC(C)Cc1cc(CCCCCCCCc2cc(C(C)(C)C)c(O)c(C(C)(C)C)c2)cc(CC(C)C)c1O. The van der Waals surface area contributed by atoms with E-state index in [-0.39, 0.29) is 10.8 Å². The molecular weight excluding hydrogens is 464 g/mol. The minimum absolute atomic E-state index is 0.0668. The Kier molecular flexibility index (Phi) is 11.8. The van der Waals surface area contributed by atoms with Crippen LogP contribution >= 0.6 is 0 Å². The van der Waals surface area contributed by atoms with Crippen LogP contribution in [0.25, 0.3) is 0 Å². The molecule has 214 valence electrons. The first-order valence-corrected chi connectivity index (χ1v) is 15.3. The van der Waals surface area contributed by atoms with Crippen LogP contribution < -0.4 is 0 Å². The quantitative estimate of drug-likeness (QED) is 0.257. The molecule has 0 spiro atoms. The Morgan fingerprint density at radius 1 is 0.526 bits per heavy atom. The Hall–Kier alpha value is -1.96. The molecule has 2 aromatic rings. The summed E-state index contributed by atoms with van der Waals surface area (Å²) >= 11 is 0. The fourth-order valence-electron chi connectivity index (χ4n) is 5.51. The number of hydrogen-bond donors (Lipinski definition) is 2. The highest BCUT2D eigenvalue weighted by atomic mass is 16.3. The van der Waals surface area contributed by atoms with E-state index in [9.17, 15) is 10.2 Å². The van der Waals surface area contributed by atoms with Crippen molar-refractivity contribution in [3.63, 3.8) is 0 Å². The zero-order valence-electron chi connectivity index (χ0n) is 26.4. The second kappa shape index (κ2) is 13.9. The molecule has 2 heteroatoms. The molecule has 0 bridgehead atoms. The van der Waals surface area contributed by atoms with E-state index in [0.29, 0.717) is 23.3 Å². The van der Waals surface area contributed by atoms with Crippen LogP contribution in [0.1, 0.15) is 141 Å². The normalized spacial score (nSPS) is 12.6. The minimum atomic E-state index is -0.0668. The number of phenolic OH excluding ortho intramolecular Hbond substituents is 2. The maximum absolute atomic E-state index is 11.0. The van der Waals surface area contributed by atoms with Gasteiger partial charge in [0.2, 0.25) is 0 Å². The van der Waals surface area contributed by atoms with E-state index in [2.05, 4.69) is 93.5 Å². The molecule has 0 aliphatic carbocycles. The molecule has 2 nitrogen and oxygen atoms in total. The maximum atomic E-state index is 11.0. The largest absolute Gasteiger partial charge is 0.507 e. The highest BCUT2D eigenvalue weighted by molar-refractivity contribution is 5.50. The van der Waals surface area contributed by atoms with Gasteiger partial charge in [-0.15, -0.1) is 0 Å². The van der Waals surface area contributed by atoms with Gasteiger partial charge in [0.15, 0.2) is 0 Å². The Balaban J connectivity index is 1.86. The van der Waals surface area contributed by atoms with Crippen LogP contribution in [0.5, 0.6) is 11.5 Å². The highest BCUT2D eigenvalue weighted by Gasteiger charge is 2.26. The van der Waals surface area contributed by atoms with Crippen molar-refractivity contribution >= 4 is 0 Å². The number of unbranched alkanes of at least 4 members (excludes halogenated alkanes) is 5. The first-order chi connectivity index (χ1) is 17.6. The number of rotatable bonds is 13. The first kappa shape index (κ1) is 32.3. The smallest absolute Gasteiger partial charge is 0.123 e. The summed E-state index contributed by atoms with van der Waals surface area (Å²) in [6.45, 7) is 22.0. The van der Waals surface area contributed by atoms with Crippen molar-refractivity contribution in [3.8, 4) is 11.5 Å². The molecule has 2 aromatic carbocycles. The molecule has 0 unspecified atom stereocenters. The summed E-state index contributed by atoms with van der Waals surface area (Å²) in [6.07, 6.45) is 11.6. The predicted octanol–water partition coefficient (Wildman–Crippen LogP) is 10.2. The van der Waals surface area contributed by atoms with Crippen molar-refractivity contribution in [2.45, 2.75) is 144 Å². The summed E-state index contributed by atoms with van der Waals surface area (Å²) in [5, 5.41) is 21.8. The number of phenols is 2. The number of aryl methyl sites for hydroxylation is 2. The first-order valence-electron chi connectivity index (χ1n) is 15.3. The molecule has 0 aromatic heterocycles. The van der Waals surface area contributed by atoms with Gasteiger partial charge >= 0.3 is 0 Å². The molecule has 0 saturated carbocycles. The van der Waals surface area contributed by atoms with E-state index in [1.54, 1.807) is 0 Å². The second-order valence-corrected chi connectivity index (χ2v) is 14.6. The van der Waals surface area contributed by atoms with Gasteiger partial charge in [0.1, 0.15) is 11.5 Å². The van der Waals surface area contributed by atoms with Gasteiger partial charge in [0.25, 0.3) is 0 Å². The fraction of sp³-hybridized carbons (Fsp3) is 0.667. The molecule has 0 atom stereocenters. The average Bonchev–Trinajstić information content (AvgIpc) is 2.77. The van der Waals surface area contributed by atoms with Gasteiger partial charge in [-0.25, -0.2) is 0 Å². The van der Waals surface area contributed by atoms with E-state index in [0.717, 1.165) is 47.9 Å². The standard InChI is InChI=1S/C36H58O2/c1-25(2)19-29-21-27(22-30(33(29)37)20-26(3)4)17-15-13-11-12-14-16-18-28-23-31(35(5,6)7)34(38)32(24-28)36(8,9)10/h21-26,37-38H,11-20H2,1-10H3. The van der Waals surface area contributed by atoms with Crippen LogP contribution in [0, 0.1) is 11.8 Å². The Labute approximate surface area is 235 Å². The van der Waals surface area contributed by atoms with Crippen LogP contribution in [0.4, 0.5) is 0 Å². The molecule has 0 amide bonds. The lowest BCUT2D eigenvalue weighted by Gasteiger charge is -2.28. The lowest BCUT2D eigenvalue weighted by molar-refractivity contribution is 0.422. The number of aromatic hydroxyl groups is 2. The molecule has 2 N–H and O–H groups in total. The van der Waals surface area contributed by atoms with Crippen molar-refractivity contribution < 1.29 is 10.2 Å². The molecule has 2 rings (SSSR count). The summed E-state index contributed by atoms with van der Waals surface area (Å²) in [6, 6.07) is 9.00. The van der Waals surface area contributed by atoms with Crippen molar-refractivity contribution in [1.29, 1.82) is 0 Å². The van der Waals surface area contributed by atoms with Gasteiger partial charge in [-0.3, -0.25) is 0 Å². The molecule has 0 saturated heterocycles. The van der Waals surface area contributed by atoms with Gasteiger partial charge in [0, 0.05) is 0 Å². The predicted molar refractivity (Wildman–Crippen MR) is 166 cm³/mol. The van der Waals surface area contributed by atoms with Gasteiger partial charge < -0.3 is 10.2 Å². The Morgan fingerprint density at radius 3 is 1.21 bits per heavy atom. The molecule has 0 heterocycles. The summed E-state index contributed by atoms with van der Waals surface area (Å²) in [5.74, 6) is 2.11. The monoisotopic (exact) mass is 522 g/mol. The summed E-state index contributed by atoms with van der Waals surface area (Å²) < 4.78 is 0. The van der Waals surface area contributed by atoms with Crippen LogP contribution in [-0.2, 0) is 36.5 Å². The summed E-state index contributed by atoms with van der Waals surface area (Å²) in [5.41, 5.74) is 7.03. The van der Waals surface area contributed by atoms with E-state index < -0.39 is 0 Å². The summed E-state index contributed by atoms with van der Waals surface area (Å²) in [4.78, 5) is 0. The lowest BCUT2D eigenvalue weighted by Crippen LogP contribution is -2.18. The highest BCUT2D eigenvalue weighted by Crippen LogP contribution is 2.40. The second-order valence-electron chi connectivity index (χ2n) is 14.6. The number of benzene rings is 2. The molecule has 0 aliphatic heterocycles. The lowest BCUT2D eigenvalue weighted by atomic mass is 9.78. The van der Waals surface area contributed by atoms with Gasteiger partial charge in [-0.05, 0) is 94.6 Å². The van der Waals surface area contributed by atoms with Gasteiger partial charge in [-0.1, -0.05) is 119 Å². The zero-order chi connectivity index (χ0) is 28.7. The van der Waals surface area contributed by atoms with Gasteiger partial charge in [-0.2, -0.15) is 0 Å². The van der Waals surface area contributed by atoms with Crippen molar-refractivity contribution in [2.24, 2.45) is 11.8 Å². The summed E-state index contributed by atoms with van der Waals surface area (Å²) in [7, 11) is 0. The third kappa shape index (κ3) is 9.97. The fourth-order valence-corrected chi connectivity index (χ4v) is 5.51. The molecule has 0 radical (unpaired) electrons. The van der Waals surface area contributed by atoms with E-state index in [1.807, 2.05) is 0 Å². The van der Waals surface area contributed by atoms with Crippen LogP contribution in [0.15, 0.2) is 24.3 Å². The van der Waals surface area contributed by atoms with E-state index >= 15 is 0 Å². The minimum Gasteiger partial charge on any atom is -0.507 e. The molecule has 0 fully saturated rings. The van der Waals surface area contributed by atoms with Crippen molar-refractivity contribution in [3.05, 3.63) is 57.6 Å². The molecule has 0 aliphatic rings. The Morgan fingerprint density at radius 2 is 0.868 bits per heavy atom. The average molecular weight is 523 g/mol. The van der Waals surface area contributed by atoms with Crippen LogP contribution in [-0.4, -0.2) is 10.2 Å². The van der Waals surface area contributed by atoms with Crippen LogP contribution in [0.3, 0.4) is 0 Å². The molecule has 38 heavy (non-hydrogen) atoms. The molecular formula is C36H58O2. The topological polar surface area (TPSA) is 40.5 Å². The maximum Gasteiger partial charge on any atom is 0.123 e. The van der Waals surface area contributed by atoms with Crippen molar-refractivity contribution in [1.82, 2.24) is 0 Å². The number of hydrogen-bond acceptors (Lipinski definition) is 2. The third-order valence-corrected chi connectivity index (χ3v) is 7.55. The zero-order valence-corrected chi connectivity index (χ0v) is 26.4. The van der Waals surface area contributed by atoms with Crippen LogP contribution in [0.2, 0.25) is 0 Å².